The van der Waals surface area contributed by atoms with Crippen molar-refractivity contribution in [2.45, 2.75) is 19.8 Å². The molecular weight excluding hydrogens is 389 g/mol. The third-order valence-electron chi connectivity index (χ3n) is 3.63. The van der Waals surface area contributed by atoms with Crippen LogP contribution in [0.4, 0.5) is 5.69 Å². The summed E-state index contributed by atoms with van der Waals surface area (Å²) < 4.78 is 10.7. The van der Waals surface area contributed by atoms with Crippen LogP contribution >= 0.6 is 23.2 Å². The standard InChI is InChI=1S/C19H17Cl2N3O3/c1-11(2)18-23-19(27-24-18)12-3-6-14(7-4-12)26-10-17(25)22-16-8-5-13(20)9-15(16)21/h3-9,11H,10H2,1-2H3,(H,22,25). The fraction of sp³-hybridized carbons (Fsp3) is 0.211. The third kappa shape index (κ3) is 4.99. The maximum absolute atomic E-state index is 12.0. The molecule has 6 nitrogen and oxygen atoms in total. The van der Waals surface area contributed by atoms with E-state index in [4.69, 9.17) is 32.5 Å². The SMILES string of the molecule is CC(C)c1noc(-c2ccc(OCC(=O)Nc3ccc(Cl)cc3Cl)cc2)n1. The second kappa shape index (κ2) is 8.41. The van der Waals surface area contributed by atoms with E-state index in [1.807, 2.05) is 13.8 Å². The molecule has 1 aromatic heterocycles. The van der Waals surface area contributed by atoms with Crippen LogP contribution in [0.1, 0.15) is 25.6 Å². The van der Waals surface area contributed by atoms with Gasteiger partial charge in [0.15, 0.2) is 12.4 Å². The van der Waals surface area contributed by atoms with Crippen LogP contribution in [0.25, 0.3) is 11.5 Å². The van der Waals surface area contributed by atoms with E-state index in [9.17, 15) is 4.79 Å². The van der Waals surface area contributed by atoms with Crippen LogP contribution in [-0.4, -0.2) is 22.7 Å². The summed E-state index contributed by atoms with van der Waals surface area (Å²) in [7, 11) is 0. The molecule has 2 aromatic carbocycles. The number of nitrogens with one attached hydrogen (secondary N) is 1. The molecule has 8 heteroatoms. The first kappa shape index (κ1) is 19.2. The molecule has 1 N–H and O–H groups in total. The van der Waals surface area contributed by atoms with Crippen molar-refractivity contribution >= 4 is 34.8 Å². The van der Waals surface area contributed by atoms with Crippen LogP contribution in [0, 0.1) is 0 Å². The maximum atomic E-state index is 12.0. The minimum atomic E-state index is -0.332. The quantitative estimate of drug-likeness (QED) is 0.610. The monoisotopic (exact) mass is 405 g/mol. The summed E-state index contributed by atoms with van der Waals surface area (Å²) in [5.41, 5.74) is 1.25. The Balaban J connectivity index is 1.57. The second-order valence-electron chi connectivity index (χ2n) is 6.10. The van der Waals surface area contributed by atoms with Crippen LogP contribution in [-0.2, 0) is 4.79 Å². The van der Waals surface area contributed by atoms with Gasteiger partial charge in [-0.15, -0.1) is 0 Å². The zero-order valence-corrected chi connectivity index (χ0v) is 16.2. The molecule has 1 heterocycles. The Morgan fingerprint density at radius 3 is 2.56 bits per heavy atom. The number of nitrogens with zero attached hydrogens (tertiary/aromatic N) is 2. The molecule has 0 atom stereocenters. The number of amides is 1. The molecule has 3 aromatic rings. The number of hydrogen-bond acceptors (Lipinski definition) is 5. The largest absolute Gasteiger partial charge is 0.484 e. The van der Waals surface area contributed by atoms with Gasteiger partial charge in [-0.05, 0) is 42.5 Å². The van der Waals surface area contributed by atoms with Gasteiger partial charge in [0.2, 0.25) is 0 Å². The number of rotatable bonds is 6. The van der Waals surface area contributed by atoms with Crippen molar-refractivity contribution in [2.24, 2.45) is 0 Å². The Morgan fingerprint density at radius 1 is 1.19 bits per heavy atom. The van der Waals surface area contributed by atoms with E-state index in [0.717, 1.165) is 5.56 Å². The van der Waals surface area contributed by atoms with Crippen molar-refractivity contribution in [2.75, 3.05) is 11.9 Å². The van der Waals surface area contributed by atoms with Crippen LogP contribution in [0.2, 0.25) is 10.0 Å². The number of hydrogen-bond donors (Lipinski definition) is 1. The maximum Gasteiger partial charge on any atom is 0.262 e. The minimum Gasteiger partial charge on any atom is -0.484 e. The molecule has 0 aliphatic carbocycles. The normalized spacial score (nSPS) is 10.9. The molecule has 0 saturated carbocycles. The summed E-state index contributed by atoms with van der Waals surface area (Å²) in [5.74, 6) is 1.50. The van der Waals surface area contributed by atoms with Gasteiger partial charge in [0.05, 0.1) is 10.7 Å². The lowest BCUT2D eigenvalue weighted by molar-refractivity contribution is -0.118. The van der Waals surface area contributed by atoms with Crippen molar-refractivity contribution in [1.29, 1.82) is 0 Å². The summed E-state index contributed by atoms with van der Waals surface area (Å²) in [6, 6.07) is 11.9. The van der Waals surface area contributed by atoms with Crippen molar-refractivity contribution in [3.8, 4) is 17.2 Å². The van der Waals surface area contributed by atoms with Crippen LogP contribution in [0.3, 0.4) is 0 Å². The van der Waals surface area contributed by atoms with Crippen molar-refractivity contribution in [3.63, 3.8) is 0 Å². The number of benzene rings is 2. The van der Waals surface area contributed by atoms with Gasteiger partial charge in [-0.1, -0.05) is 42.2 Å². The molecular formula is C19H17Cl2N3O3. The molecule has 0 bridgehead atoms. The van der Waals surface area contributed by atoms with Gasteiger partial charge in [0, 0.05) is 16.5 Å². The molecule has 0 aliphatic rings. The Hall–Kier alpha value is -2.57. The summed E-state index contributed by atoms with van der Waals surface area (Å²) in [6.45, 7) is 3.83. The first-order valence-corrected chi connectivity index (χ1v) is 8.99. The summed E-state index contributed by atoms with van der Waals surface area (Å²) in [6.07, 6.45) is 0. The van der Waals surface area contributed by atoms with Crippen molar-refractivity contribution < 1.29 is 14.1 Å². The highest BCUT2D eigenvalue weighted by molar-refractivity contribution is 6.36. The van der Waals surface area contributed by atoms with E-state index in [2.05, 4.69) is 15.5 Å². The summed E-state index contributed by atoms with van der Waals surface area (Å²) >= 11 is 11.9. The Bertz CT molecular complexity index is 940. The summed E-state index contributed by atoms with van der Waals surface area (Å²) in [4.78, 5) is 16.4. The fourth-order valence-electron chi connectivity index (χ4n) is 2.21. The molecule has 0 fully saturated rings. The van der Waals surface area contributed by atoms with Gasteiger partial charge in [0.1, 0.15) is 5.75 Å². The highest BCUT2D eigenvalue weighted by Crippen LogP contribution is 2.25. The third-order valence-corrected chi connectivity index (χ3v) is 4.18. The predicted octanol–water partition coefficient (Wildman–Crippen LogP) is 5.18. The highest BCUT2D eigenvalue weighted by Gasteiger charge is 2.12. The Labute approximate surface area is 166 Å². The number of ether oxygens (including phenoxy) is 1. The summed E-state index contributed by atoms with van der Waals surface area (Å²) in [5, 5.41) is 7.47. The van der Waals surface area contributed by atoms with Crippen LogP contribution < -0.4 is 10.1 Å². The van der Waals surface area contributed by atoms with E-state index < -0.39 is 0 Å². The van der Waals surface area contributed by atoms with E-state index in [0.29, 0.717) is 33.2 Å². The van der Waals surface area contributed by atoms with Gasteiger partial charge in [-0.3, -0.25) is 4.79 Å². The minimum absolute atomic E-state index is 0.156. The Morgan fingerprint density at radius 2 is 1.93 bits per heavy atom. The van der Waals surface area contributed by atoms with Gasteiger partial charge in [0.25, 0.3) is 11.8 Å². The van der Waals surface area contributed by atoms with Crippen molar-refractivity contribution in [1.82, 2.24) is 10.1 Å². The first-order valence-electron chi connectivity index (χ1n) is 8.24. The lowest BCUT2D eigenvalue weighted by Crippen LogP contribution is -2.20. The number of carbonyl (C=O) groups is 1. The van der Waals surface area contributed by atoms with E-state index in [-0.39, 0.29) is 18.4 Å². The van der Waals surface area contributed by atoms with Gasteiger partial charge in [-0.2, -0.15) is 4.98 Å². The molecule has 140 valence electrons. The molecule has 0 unspecified atom stereocenters. The molecule has 27 heavy (non-hydrogen) atoms. The van der Waals surface area contributed by atoms with Crippen LogP contribution in [0.5, 0.6) is 5.75 Å². The molecule has 0 spiro atoms. The first-order chi connectivity index (χ1) is 12.9. The molecule has 0 aliphatic heterocycles. The number of aromatic nitrogens is 2. The molecule has 1 amide bonds. The zero-order chi connectivity index (χ0) is 19.4. The topological polar surface area (TPSA) is 77.2 Å². The predicted molar refractivity (Wildman–Crippen MR) is 104 cm³/mol. The van der Waals surface area contributed by atoms with E-state index in [1.165, 1.54) is 0 Å². The van der Waals surface area contributed by atoms with Gasteiger partial charge < -0.3 is 14.6 Å². The van der Waals surface area contributed by atoms with Gasteiger partial charge >= 0.3 is 0 Å². The lowest BCUT2D eigenvalue weighted by atomic mass is 10.2. The second-order valence-corrected chi connectivity index (χ2v) is 6.94. The highest BCUT2D eigenvalue weighted by atomic mass is 35.5. The van der Waals surface area contributed by atoms with Crippen LogP contribution in [0.15, 0.2) is 47.0 Å². The van der Waals surface area contributed by atoms with Crippen molar-refractivity contribution in [3.05, 3.63) is 58.3 Å². The van der Waals surface area contributed by atoms with E-state index in [1.54, 1.807) is 42.5 Å². The number of halogens is 2. The zero-order valence-electron chi connectivity index (χ0n) is 14.7. The van der Waals surface area contributed by atoms with E-state index >= 15 is 0 Å². The average Bonchev–Trinajstić information content (AvgIpc) is 3.13. The lowest BCUT2D eigenvalue weighted by Gasteiger charge is -2.09. The average molecular weight is 406 g/mol. The molecule has 3 rings (SSSR count). The smallest absolute Gasteiger partial charge is 0.262 e. The number of anilines is 1. The fourth-order valence-corrected chi connectivity index (χ4v) is 2.66. The number of carbonyl (C=O) groups excluding carboxylic acids is 1. The molecule has 0 radical (unpaired) electrons. The van der Waals surface area contributed by atoms with Gasteiger partial charge in [-0.25, -0.2) is 0 Å². The Kier molecular flexibility index (Phi) is 5.98. The molecule has 0 saturated heterocycles.